The van der Waals surface area contributed by atoms with E-state index in [0.29, 0.717) is 18.0 Å². The molecule has 2 fully saturated rings. The second-order valence-electron chi connectivity index (χ2n) is 6.63. The third kappa shape index (κ3) is 2.72. The highest BCUT2D eigenvalue weighted by atomic mass is 32.2. The van der Waals surface area contributed by atoms with Crippen LogP contribution in [0.5, 0.6) is 0 Å². The first-order chi connectivity index (χ1) is 10.6. The maximum atomic E-state index is 11.2. The van der Waals surface area contributed by atoms with E-state index in [2.05, 4.69) is 54.7 Å². The summed E-state index contributed by atoms with van der Waals surface area (Å²) in [4.78, 5) is 2.44. The first-order valence-electron chi connectivity index (χ1n) is 8.23. The number of nitrogens with zero attached hydrogens (tertiary/aromatic N) is 1. The molecule has 0 bridgehead atoms. The highest BCUT2D eigenvalue weighted by molar-refractivity contribution is 8.17. The summed E-state index contributed by atoms with van der Waals surface area (Å²) in [5, 5.41) is 11.2. The first kappa shape index (κ1) is 16.7. The Morgan fingerprint density at radius 2 is 1.77 bits per heavy atom. The summed E-state index contributed by atoms with van der Waals surface area (Å²) in [6, 6.07) is 11.6. The van der Waals surface area contributed by atoms with Crippen molar-refractivity contribution in [2.75, 3.05) is 12.5 Å². The number of thioether (sulfide) groups is 2. The average Bonchev–Trinajstić information content (AvgIpc) is 2.57. The Hall–Kier alpha value is -0.160. The molecule has 0 amide bonds. The van der Waals surface area contributed by atoms with Crippen LogP contribution in [0.25, 0.3) is 0 Å². The molecule has 0 aliphatic carbocycles. The quantitative estimate of drug-likeness (QED) is 0.828. The third-order valence-electron chi connectivity index (χ3n) is 5.63. The maximum absolute atomic E-state index is 11.2. The van der Waals surface area contributed by atoms with Crippen LogP contribution in [0, 0.1) is 5.92 Å². The highest BCUT2D eigenvalue weighted by Gasteiger charge is 2.51. The monoisotopic (exact) mass is 337 g/mol. The molecule has 2 saturated heterocycles. The molecule has 3 rings (SSSR count). The van der Waals surface area contributed by atoms with Crippen LogP contribution in [0.4, 0.5) is 0 Å². The Bertz CT molecular complexity index is 491. The lowest BCUT2D eigenvalue weighted by Gasteiger charge is -2.56. The van der Waals surface area contributed by atoms with E-state index in [0.717, 1.165) is 12.8 Å². The summed E-state index contributed by atoms with van der Waals surface area (Å²) in [6.07, 6.45) is 8.63. The van der Waals surface area contributed by atoms with Gasteiger partial charge in [0.05, 0.1) is 4.08 Å². The Morgan fingerprint density at radius 1 is 1.09 bits per heavy atom. The number of aliphatic hydroxyl groups excluding tert-OH is 1. The Kier molecular flexibility index (Phi) is 5.13. The third-order valence-corrected chi connectivity index (χ3v) is 8.85. The van der Waals surface area contributed by atoms with Crippen molar-refractivity contribution in [1.29, 1.82) is 0 Å². The summed E-state index contributed by atoms with van der Waals surface area (Å²) in [7, 11) is 0. The number of hydrogen-bond acceptors (Lipinski definition) is 4. The first-order valence-corrected chi connectivity index (χ1v) is 10.7. The van der Waals surface area contributed by atoms with E-state index in [1.54, 1.807) is 0 Å². The molecule has 2 aliphatic heterocycles. The van der Waals surface area contributed by atoms with E-state index in [9.17, 15) is 5.11 Å². The zero-order chi connectivity index (χ0) is 15.7. The van der Waals surface area contributed by atoms with Gasteiger partial charge < -0.3 is 5.11 Å². The van der Waals surface area contributed by atoms with Gasteiger partial charge in [-0.2, -0.15) is 0 Å². The van der Waals surface area contributed by atoms with Crippen molar-refractivity contribution in [3.8, 4) is 0 Å². The SMILES string of the molecule is CSC1(SC)CC[C@H]2[C@H](C)CC[C@@H](c3ccccc3)N2[C@@H]1O. The number of rotatable bonds is 3. The minimum Gasteiger partial charge on any atom is -0.376 e. The molecule has 22 heavy (non-hydrogen) atoms. The van der Waals surface area contributed by atoms with Crippen LogP contribution >= 0.6 is 23.5 Å². The van der Waals surface area contributed by atoms with Gasteiger partial charge in [-0.1, -0.05) is 37.3 Å². The van der Waals surface area contributed by atoms with E-state index in [1.807, 2.05) is 23.5 Å². The van der Waals surface area contributed by atoms with E-state index in [1.165, 1.54) is 18.4 Å². The van der Waals surface area contributed by atoms with Gasteiger partial charge in [0, 0.05) is 12.1 Å². The van der Waals surface area contributed by atoms with Gasteiger partial charge >= 0.3 is 0 Å². The highest BCUT2D eigenvalue weighted by Crippen LogP contribution is 2.52. The molecule has 0 saturated carbocycles. The summed E-state index contributed by atoms with van der Waals surface area (Å²) in [6.45, 7) is 2.36. The minimum absolute atomic E-state index is 0.0827. The van der Waals surface area contributed by atoms with Gasteiger partial charge in [0.2, 0.25) is 0 Å². The molecule has 4 heteroatoms. The standard InChI is InChI=1S/C18H27NOS2/c1-13-9-10-16(14-7-5-4-6-8-14)19-15(13)11-12-18(21-2,22-3)17(19)20/h4-8,13,15-17,20H,9-12H2,1-3H3/t13-,15+,16+,17-/m1/s1. The summed E-state index contributed by atoms with van der Waals surface area (Å²) >= 11 is 3.65. The van der Waals surface area contributed by atoms with Gasteiger partial charge in [-0.25, -0.2) is 0 Å². The maximum Gasteiger partial charge on any atom is 0.132 e. The fraction of sp³-hybridized carbons (Fsp3) is 0.667. The number of aliphatic hydroxyl groups is 1. The summed E-state index contributed by atoms with van der Waals surface area (Å²) in [5.74, 6) is 0.677. The van der Waals surface area contributed by atoms with Crippen molar-refractivity contribution in [3.05, 3.63) is 35.9 Å². The van der Waals surface area contributed by atoms with Crippen LogP contribution in [0.2, 0.25) is 0 Å². The number of piperidine rings is 2. The van der Waals surface area contributed by atoms with Crippen molar-refractivity contribution in [1.82, 2.24) is 4.90 Å². The number of fused-ring (bicyclic) bond motifs is 1. The van der Waals surface area contributed by atoms with E-state index < -0.39 is 0 Å². The molecule has 2 aliphatic rings. The van der Waals surface area contributed by atoms with Crippen LogP contribution in [-0.4, -0.2) is 38.9 Å². The molecule has 4 atom stereocenters. The van der Waals surface area contributed by atoms with Crippen molar-refractivity contribution >= 4 is 23.5 Å². The van der Waals surface area contributed by atoms with Crippen molar-refractivity contribution in [3.63, 3.8) is 0 Å². The van der Waals surface area contributed by atoms with Crippen molar-refractivity contribution in [2.24, 2.45) is 5.92 Å². The van der Waals surface area contributed by atoms with Crippen LogP contribution in [-0.2, 0) is 0 Å². The zero-order valence-electron chi connectivity index (χ0n) is 13.7. The van der Waals surface area contributed by atoms with Crippen LogP contribution in [0.3, 0.4) is 0 Å². The van der Waals surface area contributed by atoms with E-state index in [4.69, 9.17) is 0 Å². The smallest absolute Gasteiger partial charge is 0.132 e. The normalized spacial score (nSPS) is 35.1. The lowest BCUT2D eigenvalue weighted by molar-refractivity contribution is -0.119. The molecular formula is C18H27NOS2. The van der Waals surface area contributed by atoms with Gasteiger partial charge in [0.25, 0.3) is 0 Å². The number of benzene rings is 1. The van der Waals surface area contributed by atoms with Crippen LogP contribution in [0.15, 0.2) is 30.3 Å². The molecule has 122 valence electrons. The molecule has 0 unspecified atom stereocenters. The molecular weight excluding hydrogens is 310 g/mol. The predicted octanol–water partition coefficient (Wildman–Crippen LogP) is 4.36. The lowest BCUT2D eigenvalue weighted by Crippen LogP contribution is -2.61. The van der Waals surface area contributed by atoms with E-state index in [-0.39, 0.29) is 10.3 Å². The van der Waals surface area contributed by atoms with Crippen LogP contribution < -0.4 is 0 Å². The predicted molar refractivity (Wildman–Crippen MR) is 98.2 cm³/mol. The van der Waals surface area contributed by atoms with Crippen LogP contribution in [0.1, 0.15) is 44.2 Å². The molecule has 2 heterocycles. The molecule has 1 N–H and O–H groups in total. The second kappa shape index (κ2) is 6.76. The Balaban J connectivity index is 1.96. The van der Waals surface area contributed by atoms with Crippen molar-refractivity contribution in [2.45, 2.75) is 55.0 Å². The summed E-state index contributed by atoms with van der Waals surface area (Å²) < 4.78 is -0.0827. The molecule has 0 spiro atoms. The van der Waals surface area contributed by atoms with Gasteiger partial charge in [-0.15, -0.1) is 23.5 Å². The molecule has 2 nitrogen and oxygen atoms in total. The molecule has 0 radical (unpaired) electrons. The zero-order valence-corrected chi connectivity index (χ0v) is 15.4. The topological polar surface area (TPSA) is 23.5 Å². The fourth-order valence-corrected chi connectivity index (χ4v) is 6.27. The fourth-order valence-electron chi connectivity index (χ4n) is 4.29. The molecule has 1 aromatic carbocycles. The molecule has 1 aromatic rings. The van der Waals surface area contributed by atoms with E-state index >= 15 is 0 Å². The van der Waals surface area contributed by atoms with Gasteiger partial charge in [0.15, 0.2) is 0 Å². The Labute approximate surface area is 143 Å². The van der Waals surface area contributed by atoms with Gasteiger partial charge in [-0.05, 0) is 49.7 Å². The lowest BCUT2D eigenvalue weighted by atomic mass is 9.79. The Morgan fingerprint density at radius 3 is 2.41 bits per heavy atom. The minimum atomic E-state index is -0.371. The van der Waals surface area contributed by atoms with Crippen molar-refractivity contribution < 1.29 is 5.11 Å². The van der Waals surface area contributed by atoms with Gasteiger partial charge in [-0.3, -0.25) is 4.90 Å². The summed E-state index contributed by atoms with van der Waals surface area (Å²) in [5.41, 5.74) is 1.36. The molecule has 0 aromatic heterocycles. The average molecular weight is 338 g/mol. The largest absolute Gasteiger partial charge is 0.376 e. The second-order valence-corrected chi connectivity index (χ2v) is 9.16. The van der Waals surface area contributed by atoms with Gasteiger partial charge in [0.1, 0.15) is 6.23 Å². The number of hydrogen-bond donors (Lipinski definition) is 1.